The predicted octanol–water partition coefficient (Wildman–Crippen LogP) is 4.38. The lowest BCUT2D eigenvalue weighted by Crippen LogP contribution is -2.35. The molecule has 5 rings (SSSR count). The monoisotopic (exact) mass is 430 g/mol. The number of methoxy groups -OCH3 is 1. The van der Waals surface area contributed by atoms with Gasteiger partial charge in [-0.3, -0.25) is 4.79 Å². The van der Waals surface area contributed by atoms with E-state index in [0.717, 1.165) is 47.4 Å². The summed E-state index contributed by atoms with van der Waals surface area (Å²) in [4.78, 5) is 16.1. The maximum Gasteiger partial charge on any atom is 0.290 e. The van der Waals surface area contributed by atoms with Gasteiger partial charge >= 0.3 is 0 Å². The second-order valence-electron chi connectivity index (χ2n) is 8.76. The van der Waals surface area contributed by atoms with Gasteiger partial charge in [0.1, 0.15) is 11.4 Å². The molecule has 6 heteroatoms. The van der Waals surface area contributed by atoms with E-state index < -0.39 is 0 Å². The van der Waals surface area contributed by atoms with Crippen LogP contribution in [0, 0.1) is 0 Å². The fraction of sp³-hybridized carbons (Fsp3) is 0.385. The summed E-state index contributed by atoms with van der Waals surface area (Å²) < 4.78 is 7.42. The van der Waals surface area contributed by atoms with E-state index >= 15 is 0 Å². The van der Waals surface area contributed by atoms with E-state index in [0.29, 0.717) is 24.8 Å². The number of carbonyl (C=O) groups is 1. The molecule has 2 aliphatic heterocycles. The summed E-state index contributed by atoms with van der Waals surface area (Å²) in [7, 11) is 1.67. The number of para-hydroxylation sites is 1. The molecule has 1 saturated heterocycles. The minimum absolute atomic E-state index is 0.0293. The van der Waals surface area contributed by atoms with Crippen LogP contribution in [-0.4, -0.2) is 58.9 Å². The minimum Gasteiger partial charge on any atom is -0.497 e. The topological polar surface area (TPSA) is 50.1 Å². The summed E-state index contributed by atoms with van der Waals surface area (Å²) in [6, 6.07) is 18.5. The van der Waals surface area contributed by atoms with Crippen LogP contribution in [0.15, 0.2) is 59.7 Å². The molecule has 2 aromatic carbocycles. The molecule has 166 valence electrons. The van der Waals surface area contributed by atoms with Gasteiger partial charge in [-0.05, 0) is 81.2 Å². The van der Waals surface area contributed by atoms with Gasteiger partial charge < -0.3 is 14.2 Å². The van der Waals surface area contributed by atoms with Crippen LogP contribution in [-0.2, 0) is 6.54 Å². The Hall–Kier alpha value is -3.12. The van der Waals surface area contributed by atoms with Crippen LogP contribution in [0.2, 0.25) is 0 Å². The lowest BCUT2D eigenvalue weighted by molar-refractivity contribution is 0.0740. The van der Waals surface area contributed by atoms with E-state index in [1.807, 2.05) is 42.5 Å². The van der Waals surface area contributed by atoms with Gasteiger partial charge in [0.25, 0.3) is 5.91 Å². The number of hydrazone groups is 1. The molecule has 0 bridgehead atoms. The molecule has 1 aromatic heterocycles. The third-order valence-electron chi connectivity index (χ3n) is 6.76. The van der Waals surface area contributed by atoms with Crippen molar-refractivity contribution in [2.45, 2.75) is 38.8 Å². The molecule has 0 spiro atoms. The average molecular weight is 431 g/mol. The number of hydrogen-bond acceptors (Lipinski definition) is 4. The zero-order valence-electron chi connectivity index (χ0n) is 18.8. The quantitative estimate of drug-likeness (QED) is 0.583. The number of hydrogen-bond donors (Lipinski definition) is 0. The molecule has 3 aromatic rings. The molecule has 32 heavy (non-hydrogen) atoms. The lowest BCUT2D eigenvalue weighted by atomic mass is 10.1. The van der Waals surface area contributed by atoms with Crippen LogP contribution >= 0.6 is 0 Å². The molecule has 1 atom stereocenters. The summed E-state index contributed by atoms with van der Waals surface area (Å²) in [6.45, 7) is 5.74. The number of fused-ring (bicyclic) bond motifs is 3. The molecule has 6 nitrogen and oxygen atoms in total. The summed E-state index contributed by atoms with van der Waals surface area (Å²) in [6.07, 6.45) is 3.45. The maximum absolute atomic E-state index is 13.6. The number of aromatic nitrogens is 1. The van der Waals surface area contributed by atoms with Crippen molar-refractivity contribution in [2.75, 3.05) is 26.7 Å². The van der Waals surface area contributed by atoms with Gasteiger partial charge in [0.2, 0.25) is 0 Å². The number of amides is 1. The van der Waals surface area contributed by atoms with E-state index in [2.05, 4.69) is 28.5 Å². The van der Waals surface area contributed by atoms with Gasteiger partial charge in [-0.25, -0.2) is 5.01 Å². The fourth-order valence-electron chi connectivity index (χ4n) is 4.82. The molecular formula is C26H30N4O2. The zero-order chi connectivity index (χ0) is 22.1. The van der Waals surface area contributed by atoms with E-state index in [1.54, 1.807) is 12.1 Å². The highest BCUT2D eigenvalue weighted by Gasteiger charge is 2.27. The number of nitrogens with zero attached hydrogens (tertiary/aromatic N) is 4. The first-order chi connectivity index (χ1) is 15.6. The molecule has 2 aliphatic rings. The minimum atomic E-state index is -0.0293. The number of likely N-dealkylation sites (tertiary alicyclic amines) is 1. The normalized spacial score (nSPS) is 17.9. The van der Waals surface area contributed by atoms with Crippen molar-refractivity contribution in [1.82, 2.24) is 14.5 Å². The Bertz CT molecular complexity index is 1140. The van der Waals surface area contributed by atoms with Gasteiger partial charge in [0, 0.05) is 23.5 Å². The number of rotatable bonds is 6. The lowest BCUT2D eigenvalue weighted by Gasteiger charge is -2.25. The van der Waals surface area contributed by atoms with E-state index in [9.17, 15) is 4.79 Å². The summed E-state index contributed by atoms with van der Waals surface area (Å²) in [5, 5.41) is 7.66. The van der Waals surface area contributed by atoms with Gasteiger partial charge in [0.05, 0.1) is 19.4 Å². The van der Waals surface area contributed by atoms with E-state index in [4.69, 9.17) is 9.84 Å². The van der Waals surface area contributed by atoms with Crippen molar-refractivity contribution in [3.63, 3.8) is 0 Å². The van der Waals surface area contributed by atoms with Crippen molar-refractivity contribution in [1.29, 1.82) is 0 Å². The van der Waals surface area contributed by atoms with Gasteiger partial charge in [-0.15, -0.1) is 0 Å². The average Bonchev–Trinajstić information content (AvgIpc) is 3.46. The predicted molar refractivity (Wildman–Crippen MR) is 127 cm³/mol. The molecule has 0 saturated carbocycles. The Labute approximate surface area is 189 Å². The Morgan fingerprint density at radius 3 is 2.56 bits per heavy atom. The molecule has 0 N–H and O–H groups in total. The fourth-order valence-corrected chi connectivity index (χ4v) is 4.82. The van der Waals surface area contributed by atoms with Gasteiger partial charge in [-0.2, -0.15) is 5.10 Å². The largest absolute Gasteiger partial charge is 0.497 e. The summed E-state index contributed by atoms with van der Waals surface area (Å²) in [5.74, 6) is 0.778. The molecule has 0 unspecified atom stereocenters. The van der Waals surface area contributed by atoms with Crippen LogP contribution in [0.25, 0.3) is 10.9 Å². The third-order valence-corrected chi connectivity index (χ3v) is 6.76. The standard InChI is InChI=1S/C26H30N4O2/c1-19(28-14-5-6-15-28)13-16-30-26(31)25-17-21-7-3-4-8-24(21)29(25)18-23(27-30)20-9-11-22(32-2)12-10-20/h3-4,7-12,17,19H,5-6,13-16,18H2,1-2H3/t19-/m0/s1. The van der Waals surface area contributed by atoms with Crippen LogP contribution < -0.4 is 4.74 Å². The Balaban J connectivity index is 1.50. The number of carbonyl (C=O) groups excluding carboxylic acids is 1. The highest BCUT2D eigenvalue weighted by atomic mass is 16.5. The van der Waals surface area contributed by atoms with Crippen LogP contribution in [0.1, 0.15) is 42.2 Å². The SMILES string of the molecule is COc1ccc(C2=NN(CC[C@H](C)N3CCCC3)C(=O)c3cc4ccccc4n3C2)cc1. The molecule has 1 fully saturated rings. The zero-order valence-corrected chi connectivity index (χ0v) is 18.8. The summed E-state index contributed by atoms with van der Waals surface area (Å²) in [5.41, 5.74) is 3.65. The Morgan fingerprint density at radius 2 is 1.81 bits per heavy atom. The van der Waals surface area contributed by atoms with Crippen LogP contribution in [0.4, 0.5) is 0 Å². The van der Waals surface area contributed by atoms with Gasteiger partial charge in [-0.1, -0.05) is 18.2 Å². The second kappa shape index (κ2) is 8.79. The van der Waals surface area contributed by atoms with Crippen molar-refractivity contribution < 1.29 is 9.53 Å². The number of benzene rings is 2. The van der Waals surface area contributed by atoms with E-state index in [1.165, 1.54) is 12.8 Å². The second-order valence-corrected chi connectivity index (χ2v) is 8.76. The van der Waals surface area contributed by atoms with Crippen LogP contribution in [0.5, 0.6) is 5.75 Å². The first-order valence-corrected chi connectivity index (χ1v) is 11.5. The third kappa shape index (κ3) is 3.91. The molecule has 0 radical (unpaired) electrons. The van der Waals surface area contributed by atoms with E-state index in [-0.39, 0.29) is 5.91 Å². The van der Waals surface area contributed by atoms with Crippen LogP contribution in [0.3, 0.4) is 0 Å². The Kier molecular flexibility index (Phi) is 5.70. The molecular weight excluding hydrogens is 400 g/mol. The smallest absolute Gasteiger partial charge is 0.290 e. The molecule has 0 aliphatic carbocycles. The maximum atomic E-state index is 13.6. The molecule has 3 heterocycles. The Morgan fingerprint density at radius 1 is 1.06 bits per heavy atom. The first kappa shape index (κ1) is 20.8. The highest BCUT2D eigenvalue weighted by Crippen LogP contribution is 2.26. The summed E-state index contributed by atoms with van der Waals surface area (Å²) >= 11 is 0. The number of ether oxygens (including phenoxy) is 1. The van der Waals surface area contributed by atoms with Crippen molar-refractivity contribution in [3.8, 4) is 5.75 Å². The molecule has 1 amide bonds. The van der Waals surface area contributed by atoms with Crippen molar-refractivity contribution >= 4 is 22.5 Å². The van der Waals surface area contributed by atoms with Gasteiger partial charge in [0.15, 0.2) is 0 Å². The van der Waals surface area contributed by atoms with Crippen molar-refractivity contribution in [2.24, 2.45) is 5.10 Å². The van der Waals surface area contributed by atoms with Crippen molar-refractivity contribution in [3.05, 3.63) is 65.9 Å². The highest BCUT2D eigenvalue weighted by molar-refractivity contribution is 6.06. The first-order valence-electron chi connectivity index (χ1n) is 11.5.